The first-order valence-corrected chi connectivity index (χ1v) is 10.0. The molecule has 0 radical (unpaired) electrons. The summed E-state index contributed by atoms with van der Waals surface area (Å²) in [5.41, 5.74) is 0. The summed E-state index contributed by atoms with van der Waals surface area (Å²) in [6, 6.07) is 0. The number of carbonyl (C=O) groups is 1. The number of hydrogen-bond acceptors (Lipinski definition) is 4. The van der Waals surface area contributed by atoms with Gasteiger partial charge in [0.25, 0.3) is 0 Å². The van der Waals surface area contributed by atoms with Crippen molar-refractivity contribution in [1.82, 2.24) is 0 Å². The molecular weight excluding hydrogens is 308 g/mol. The molecule has 0 N–H and O–H groups in total. The van der Waals surface area contributed by atoms with Crippen LogP contribution < -0.4 is 0 Å². The zero-order chi connectivity index (χ0) is 17.9. The van der Waals surface area contributed by atoms with Gasteiger partial charge >= 0.3 is 14.5 Å². The van der Waals surface area contributed by atoms with Gasteiger partial charge in [0.2, 0.25) is 0 Å². The van der Waals surface area contributed by atoms with Crippen molar-refractivity contribution in [3.8, 4) is 0 Å². The van der Waals surface area contributed by atoms with Gasteiger partial charge in [-0.05, 0) is 6.08 Å². The van der Waals surface area contributed by atoms with Crippen LogP contribution in [0.2, 0.25) is 10.1 Å². The second kappa shape index (κ2) is 7.32. The van der Waals surface area contributed by atoms with Gasteiger partial charge in [0, 0.05) is 23.4 Å². The average molecular weight is 341 g/mol. The summed E-state index contributed by atoms with van der Waals surface area (Å²) in [6.07, 6.45) is 6.38. The van der Waals surface area contributed by atoms with Crippen LogP contribution in [0.15, 0.2) is 24.8 Å². The highest BCUT2D eigenvalue weighted by atomic mass is 28.4. The summed E-state index contributed by atoms with van der Waals surface area (Å²) < 4.78 is 18.0. The van der Waals surface area contributed by atoms with Gasteiger partial charge in [-0.3, -0.25) is 4.79 Å². The molecule has 1 aliphatic rings. The normalized spacial score (nSPS) is 25.3. The minimum Gasteiger partial charge on any atom is -0.462 e. The molecule has 0 aliphatic carbocycles. The van der Waals surface area contributed by atoms with Crippen molar-refractivity contribution in [1.29, 1.82) is 0 Å². The van der Waals surface area contributed by atoms with Gasteiger partial charge in [-0.25, -0.2) is 0 Å². The van der Waals surface area contributed by atoms with Crippen LogP contribution in [-0.2, 0) is 18.4 Å². The minimum absolute atomic E-state index is 0.0164. The van der Waals surface area contributed by atoms with Gasteiger partial charge in [-0.15, -0.1) is 6.58 Å². The van der Waals surface area contributed by atoms with Crippen molar-refractivity contribution >= 4 is 14.5 Å². The summed E-state index contributed by atoms with van der Waals surface area (Å²) in [5.74, 6) is -0.278. The maximum atomic E-state index is 10.8. The fourth-order valence-electron chi connectivity index (χ4n) is 3.25. The largest absolute Gasteiger partial charge is 0.462 e. The zero-order valence-electron chi connectivity index (χ0n) is 15.6. The first-order chi connectivity index (χ1) is 10.4. The Bertz CT molecular complexity index is 443. The Kier molecular flexibility index (Phi) is 6.41. The smallest absolute Gasteiger partial charge is 0.350 e. The lowest BCUT2D eigenvalue weighted by molar-refractivity contribution is -0.139. The molecule has 1 heterocycles. The quantitative estimate of drug-likeness (QED) is 0.429. The van der Waals surface area contributed by atoms with Crippen LogP contribution in [0.25, 0.3) is 0 Å². The van der Waals surface area contributed by atoms with Crippen LogP contribution in [0.4, 0.5) is 0 Å². The summed E-state index contributed by atoms with van der Waals surface area (Å²) in [4.78, 5) is 10.8. The van der Waals surface area contributed by atoms with Crippen LogP contribution in [0.1, 0.15) is 54.9 Å². The van der Waals surface area contributed by atoms with E-state index >= 15 is 0 Å². The maximum absolute atomic E-state index is 10.8. The fraction of sp³-hybridized carbons (Fsp3) is 0.722. The van der Waals surface area contributed by atoms with E-state index in [2.05, 4.69) is 48.1 Å². The molecule has 0 aromatic rings. The van der Waals surface area contributed by atoms with Gasteiger partial charge in [-0.1, -0.05) is 53.7 Å². The molecule has 0 spiro atoms. The Morgan fingerprint density at radius 2 is 1.70 bits per heavy atom. The monoisotopic (exact) mass is 340 g/mol. The van der Waals surface area contributed by atoms with Crippen molar-refractivity contribution < 1.29 is 18.4 Å². The lowest BCUT2D eigenvalue weighted by Crippen LogP contribution is -2.63. The molecule has 0 bridgehead atoms. The molecule has 23 heavy (non-hydrogen) atoms. The molecule has 132 valence electrons. The first-order valence-electron chi connectivity index (χ1n) is 8.21. The van der Waals surface area contributed by atoms with Gasteiger partial charge < -0.3 is 13.6 Å². The summed E-state index contributed by atoms with van der Waals surface area (Å²) in [5, 5.41) is -0.149. The molecule has 0 amide bonds. The predicted octanol–water partition coefficient (Wildman–Crippen LogP) is 4.51. The van der Waals surface area contributed by atoms with Crippen molar-refractivity contribution in [2.75, 3.05) is 6.61 Å². The van der Waals surface area contributed by atoms with E-state index in [4.69, 9.17) is 13.6 Å². The molecule has 1 aliphatic heterocycles. The summed E-state index contributed by atoms with van der Waals surface area (Å²) in [7, 11) is -2.55. The Morgan fingerprint density at radius 3 is 2.13 bits per heavy atom. The SMILES string of the molecule is C=C[C@H]1C[C@@H](/C=C/COC(C)=O)O[Si](C(C)(C)C)(C(C)(C)C)O1. The summed E-state index contributed by atoms with van der Waals surface area (Å²) >= 11 is 0. The van der Waals surface area contributed by atoms with E-state index in [-0.39, 0.29) is 34.9 Å². The van der Waals surface area contributed by atoms with E-state index in [1.54, 1.807) is 0 Å². The Morgan fingerprint density at radius 1 is 1.17 bits per heavy atom. The van der Waals surface area contributed by atoms with Crippen LogP contribution in [-0.4, -0.2) is 33.3 Å². The third-order valence-electron chi connectivity index (χ3n) is 4.07. The molecule has 2 atom stereocenters. The van der Waals surface area contributed by atoms with Crippen molar-refractivity contribution in [3.05, 3.63) is 24.8 Å². The topological polar surface area (TPSA) is 44.8 Å². The highest BCUT2D eigenvalue weighted by Crippen LogP contribution is 2.55. The highest BCUT2D eigenvalue weighted by molar-refractivity contribution is 6.73. The lowest BCUT2D eigenvalue weighted by atomic mass is 10.1. The molecule has 1 rings (SSSR count). The van der Waals surface area contributed by atoms with Gasteiger partial charge in [0.05, 0.1) is 12.2 Å². The first kappa shape index (κ1) is 20.1. The van der Waals surface area contributed by atoms with E-state index in [0.29, 0.717) is 0 Å². The Hall–Kier alpha value is -0.913. The van der Waals surface area contributed by atoms with Crippen LogP contribution >= 0.6 is 0 Å². The molecule has 0 aromatic carbocycles. The standard InChI is InChI=1S/C18H32O4Si/c1-9-15-13-16(11-10-12-20-14(2)19)22-23(21-15,17(3,4)5)18(6,7)8/h9-11,15-16H,1,12-13H2,2-8H3/b11-10+/t15-,16+/m0/s1. The van der Waals surface area contributed by atoms with E-state index < -0.39 is 8.56 Å². The van der Waals surface area contributed by atoms with Crippen molar-refractivity contribution in [2.45, 2.75) is 77.2 Å². The summed E-state index contributed by atoms with van der Waals surface area (Å²) in [6.45, 7) is 18.7. The Labute approximate surface area is 142 Å². The molecule has 1 saturated heterocycles. The number of carbonyl (C=O) groups excluding carboxylic acids is 1. The number of rotatable bonds is 4. The number of ether oxygens (including phenoxy) is 1. The molecule has 1 fully saturated rings. The minimum atomic E-state index is -2.55. The van der Waals surface area contributed by atoms with Crippen molar-refractivity contribution in [3.63, 3.8) is 0 Å². The molecule has 0 saturated carbocycles. The average Bonchev–Trinajstić information content (AvgIpc) is 2.40. The third-order valence-corrected chi connectivity index (χ3v) is 9.29. The molecular formula is C18H32O4Si. The van der Waals surface area contributed by atoms with Crippen LogP contribution in [0.5, 0.6) is 0 Å². The van der Waals surface area contributed by atoms with Gasteiger partial charge in [-0.2, -0.15) is 0 Å². The molecule has 0 aromatic heterocycles. The Balaban J connectivity index is 3.04. The highest BCUT2D eigenvalue weighted by Gasteiger charge is 2.61. The van der Waals surface area contributed by atoms with Crippen LogP contribution in [0, 0.1) is 0 Å². The van der Waals surface area contributed by atoms with E-state index in [1.165, 1.54) is 6.92 Å². The molecule has 5 heteroatoms. The zero-order valence-corrected chi connectivity index (χ0v) is 16.6. The third kappa shape index (κ3) is 4.78. The molecule has 4 nitrogen and oxygen atoms in total. The lowest BCUT2D eigenvalue weighted by Gasteiger charge is -2.54. The van der Waals surface area contributed by atoms with Gasteiger partial charge in [0.15, 0.2) is 0 Å². The second-order valence-corrected chi connectivity index (χ2v) is 12.8. The molecule has 0 unspecified atom stereocenters. The van der Waals surface area contributed by atoms with E-state index in [0.717, 1.165) is 6.42 Å². The van der Waals surface area contributed by atoms with E-state index in [9.17, 15) is 4.79 Å². The second-order valence-electron chi connectivity index (χ2n) is 8.13. The predicted molar refractivity (Wildman–Crippen MR) is 95.5 cm³/mol. The van der Waals surface area contributed by atoms with E-state index in [1.807, 2.05) is 18.2 Å². The number of esters is 1. The van der Waals surface area contributed by atoms with Crippen LogP contribution in [0.3, 0.4) is 0 Å². The number of hydrogen-bond donors (Lipinski definition) is 0. The van der Waals surface area contributed by atoms with Gasteiger partial charge in [0.1, 0.15) is 6.61 Å². The van der Waals surface area contributed by atoms with Crippen molar-refractivity contribution in [2.24, 2.45) is 0 Å². The fourth-order valence-corrected chi connectivity index (χ4v) is 8.19. The maximum Gasteiger partial charge on any atom is 0.350 e.